The number of anilines is 1. The van der Waals surface area contributed by atoms with E-state index in [2.05, 4.69) is 10.3 Å². The van der Waals surface area contributed by atoms with Crippen molar-refractivity contribution < 1.29 is 14.3 Å². The number of rotatable bonds is 5. The largest absolute Gasteiger partial charge is 0.481 e. The normalized spacial score (nSPS) is 10.8. The van der Waals surface area contributed by atoms with Crippen LogP contribution in [0.15, 0.2) is 18.2 Å². The number of carboxylic acid groups (broad SMARTS) is 1. The number of nitrogens with one attached hydrogen (secondary N) is 1. The van der Waals surface area contributed by atoms with Gasteiger partial charge in [-0.1, -0.05) is 0 Å². The molecule has 1 heterocycles. The smallest absolute Gasteiger partial charge is 0.305 e. The molecule has 0 aliphatic heterocycles. The number of halogens is 1. The summed E-state index contributed by atoms with van der Waals surface area (Å²) >= 11 is 0. The molecule has 0 aliphatic carbocycles. The monoisotopic (exact) mass is 251 g/mol. The number of aromatic nitrogens is 2. The standard InChI is InChI=1S/C12H14FN3O2/c1-2-14-12-15-9-7-8(13)3-4-10(9)16(12)6-5-11(17)18/h3-4,7H,2,5-6H2,1H3,(H,14,15)(H,17,18). The zero-order valence-electron chi connectivity index (χ0n) is 9.98. The highest BCUT2D eigenvalue weighted by molar-refractivity contribution is 5.79. The summed E-state index contributed by atoms with van der Waals surface area (Å²) in [5, 5.41) is 11.8. The maximum atomic E-state index is 13.1. The quantitative estimate of drug-likeness (QED) is 0.853. The van der Waals surface area contributed by atoms with Crippen LogP contribution in [0.3, 0.4) is 0 Å². The van der Waals surface area contributed by atoms with Gasteiger partial charge in [0.1, 0.15) is 5.82 Å². The molecule has 0 unspecified atom stereocenters. The van der Waals surface area contributed by atoms with Gasteiger partial charge in [0.25, 0.3) is 0 Å². The van der Waals surface area contributed by atoms with Gasteiger partial charge in [-0.05, 0) is 19.1 Å². The molecular formula is C12H14FN3O2. The van der Waals surface area contributed by atoms with E-state index in [9.17, 15) is 9.18 Å². The van der Waals surface area contributed by atoms with Crippen molar-refractivity contribution >= 4 is 23.0 Å². The third-order valence-electron chi connectivity index (χ3n) is 2.59. The van der Waals surface area contributed by atoms with E-state index >= 15 is 0 Å². The van der Waals surface area contributed by atoms with Gasteiger partial charge in [0, 0.05) is 19.2 Å². The highest BCUT2D eigenvalue weighted by Crippen LogP contribution is 2.21. The minimum Gasteiger partial charge on any atom is -0.481 e. The van der Waals surface area contributed by atoms with Gasteiger partial charge in [0.15, 0.2) is 0 Å². The molecule has 0 aliphatic rings. The Kier molecular flexibility index (Phi) is 3.45. The first-order valence-corrected chi connectivity index (χ1v) is 5.73. The molecule has 96 valence electrons. The molecule has 0 fully saturated rings. The van der Waals surface area contributed by atoms with E-state index in [4.69, 9.17) is 5.11 Å². The van der Waals surface area contributed by atoms with E-state index in [1.165, 1.54) is 12.1 Å². The van der Waals surface area contributed by atoms with Crippen LogP contribution in [0, 0.1) is 5.82 Å². The Balaban J connectivity index is 2.44. The predicted molar refractivity (Wildman–Crippen MR) is 66.1 cm³/mol. The van der Waals surface area contributed by atoms with E-state index < -0.39 is 5.97 Å². The number of carboxylic acids is 1. The van der Waals surface area contributed by atoms with Gasteiger partial charge in [0.05, 0.1) is 17.5 Å². The fourth-order valence-corrected chi connectivity index (χ4v) is 1.83. The van der Waals surface area contributed by atoms with Crippen molar-refractivity contribution in [1.82, 2.24) is 9.55 Å². The maximum absolute atomic E-state index is 13.1. The Hall–Kier alpha value is -2.11. The first kappa shape index (κ1) is 12.3. The third kappa shape index (κ3) is 2.42. The zero-order valence-corrected chi connectivity index (χ0v) is 9.98. The molecule has 0 saturated heterocycles. The van der Waals surface area contributed by atoms with Crippen LogP contribution in [-0.2, 0) is 11.3 Å². The van der Waals surface area contributed by atoms with Crippen LogP contribution in [0.2, 0.25) is 0 Å². The number of fused-ring (bicyclic) bond motifs is 1. The summed E-state index contributed by atoms with van der Waals surface area (Å²) in [7, 11) is 0. The first-order chi connectivity index (χ1) is 8.61. The fourth-order valence-electron chi connectivity index (χ4n) is 1.83. The molecule has 1 aromatic heterocycles. The molecule has 2 aromatic rings. The lowest BCUT2D eigenvalue weighted by Gasteiger charge is -2.07. The van der Waals surface area contributed by atoms with Crippen LogP contribution in [-0.4, -0.2) is 27.2 Å². The van der Waals surface area contributed by atoms with Crippen molar-refractivity contribution in [3.05, 3.63) is 24.0 Å². The Bertz CT molecular complexity index is 580. The summed E-state index contributed by atoms with van der Waals surface area (Å²) in [4.78, 5) is 14.9. The highest BCUT2D eigenvalue weighted by Gasteiger charge is 2.11. The summed E-state index contributed by atoms with van der Waals surface area (Å²) in [5.74, 6) is -0.658. The molecule has 18 heavy (non-hydrogen) atoms. The molecular weight excluding hydrogens is 237 g/mol. The van der Waals surface area contributed by atoms with Crippen molar-refractivity contribution in [3.8, 4) is 0 Å². The van der Waals surface area contributed by atoms with Crippen molar-refractivity contribution in [2.24, 2.45) is 0 Å². The van der Waals surface area contributed by atoms with E-state index in [1.54, 1.807) is 10.6 Å². The number of imidazole rings is 1. The van der Waals surface area contributed by atoms with Crippen LogP contribution >= 0.6 is 0 Å². The summed E-state index contributed by atoms with van der Waals surface area (Å²) < 4.78 is 14.9. The SMILES string of the molecule is CCNc1nc2cc(F)ccc2n1CCC(=O)O. The van der Waals surface area contributed by atoms with Gasteiger partial charge in [-0.15, -0.1) is 0 Å². The number of hydrogen-bond acceptors (Lipinski definition) is 3. The van der Waals surface area contributed by atoms with E-state index in [0.29, 0.717) is 24.6 Å². The van der Waals surface area contributed by atoms with Crippen molar-refractivity contribution in [2.75, 3.05) is 11.9 Å². The van der Waals surface area contributed by atoms with Gasteiger partial charge < -0.3 is 15.0 Å². The molecule has 5 nitrogen and oxygen atoms in total. The molecule has 0 spiro atoms. The van der Waals surface area contributed by atoms with Crippen LogP contribution in [0.1, 0.15) is 13.3 Å². The number of carbonyl (C=O) groups is 1. The van der Waals surface area contributed by atoms with E-state index in [0.717, 1.165) is 5.52 Å². The average Bonchev–Trinajstić information content (AvgIpc) is 2.63. The Morgan fingerprint density at radius 3 is 3.00 bits per heavy atom. The topological polar surface area (TPSA) is 67.2 Å². The molecule has 1 aromatic carbocycles. The van der Waals surface area contributed by atoms with E-state index in [1.807, 2.05) is 6.92 Å². The molecule has 2 rings (SSSR count). The Labute approximate surface area is 103 Å². The lowest BCUT2D eigenvalue weighted by atomic mass is 10.3. The van der Waals surface area contributed by atoms with Crippen LogP contribution in [0.5, 0.6) is 0 Å². The first-order valence-electron chi connectivity index (χ1n) is 5.73. The number of aryl methyl sites for hydroxylation is 1. The summed E-state index contributed by atoms with van der Waals surface area (Å²) in [5.41, 5.74) is 1.25. The van der Waals surface area contributed by atoms with E-state index in [-0.39, 0.29) is 12.2 Å². The number of aliphatic carboxylic acids is 1. The zero-order chi connectivity index (χ0) is 13.1. The fraction of sp³-hybridized carbons (Fsp3) is 0.333. The second-order valence-corrected chi connectivity index (χ2v) is 3.89. The van der Waals surface area contributed by atoms with Gasteiger partial charge in [0.2, 0.25) is 5.95 Å². The van der Waals surface area contributed by atoms with Crippen LogP contribution < -0.4 is 5.32 Å². The predicted octanol–water partition coefficient (Wildman–Crippen LogP) is 2.08. The second kappa shape index (κ2) is 5.03. The van der Waals surface area contributed by atoms with Gasteiger partial charge in [-0.3, -0.25) is 4.79 Å². The van der Waals surface area contributed by atoms with Gasteiger partial charge in [-0.2, -0.15) is 0 Å². The second-order valence-electron chi connectivity index (χ2n) is 3.89. The minimum atomic E-state index is -0.874. The molecule has 0 bridgehead atoms. The summed E-state index contributed by atoms with van der Waals surface area (Å²) in [6.45, 7) is 2.89. The lowest BCUT2D eigenvalue weighted by Crippen LogP contribution is -2.09. The molecule has 0 atom stereocenters. The molecule has 0 saturated carbocycles. The summed E-state index contributed by atoms with van der Waals surface area (Å²) in [6, 6.07) is 4.30. The van der Waals surface area contributed by atoms with Crippen molar-refractivity contribution in [2.45, 2.75) is 19.9 Å². The van der Waals surface area contributed by atoms with Gasteiger partial charge in [-0.25, -0.2) is 9.37 Å². The number of benzene rings is 1. The van der Waals surface area contributed by atoms with Gasteiger partial charge >= 0.3 is 5.97 Å². The third-order valence-corrected chi connectivity index (χ3v) is 2.59. The van der Waals surface area contributed by atoms with Crippen molar-refractivity contribution in [1.29, 1.82) is 0 Å². The number of hydrogen-bond donors (Lipinski definition) is 2. The molecule has 0 amide bonds. The van der Waals surface area contributed by atoms with Crippen molar-refractivity contribution in [3.63, 3.8) is 0 Å². The van der Waals surface area contributed by atoms with Crippen LogP contribution in [0.25, 0.3) is 11.0 Å². The number of nitrogens with zero attached hydrogens (tertiary/aromatic N) is 2. The highest BCUT2D eigenvalue weighted by atomic mass is 19.1. The molecule has 6 heteroatoms. The maximum Gasteiger partial charge on any atom is 0.305 e. The molecule has 0 radical (unpaired) electrons. The Morgan fingerprint density at radius 1 is 1.56 bits per heavy atom. The Morgan fingerprint density at radius 2 is 2.33 bits per heavy atom. The van der Waals surface area contributed by atoms with Crippen LogP contribution in [0.4, 0.5) is 10.3 Å². The molecule has 2 N–H and O–H groups in total. The lowest BCUT2D eigenvalue weighted by molar-refractivity contribution is -0.137. The summed E-state index contributed by atoms with van der Waals surface area (Å²) in [6.07, 6.45) is 0.00122. The minimum absolute atomic E-state index is 0.00122. The average molecular weight is 251 g/mol.